The van der Waals surface area contributed by atoms with Gasteiger partial charge in [-0.1, -0.05) is 52.9 Å². The molecule has 0 aromatic carbocycles. The van der Waals surface area contributed by atoms with E-state index in [9.17, 15) is 5.11 Å². The molecule has 0 aliphatic carbocycles. The van der Waals surface area contributed by atoms with E-state index in [1.54, 1.807) is 0 Å². The average Bonchev–Trinajstić information content (AvgIpc) is 2.46. The molecule has 2 heteroatoms. The maximum absolute atomic E-state index is 9.49. The molecule has 1 N–H and O–H groups in total. The van der Waals surface area contributed by atoms with Gasteiger partial charge in [0.25, 0.3) is 0 Å². The number of rotatable bonds is 15. The van der Waals surface area contributed by atoms with E-state index in [-0.39, 0.29) is 0 Å². The Balaban J connectivity index is 4.32. The SMILES string of the molecule is CCCCCC[N+](CCO)(CCCC)CCCCCC. The Kier molecular flexibility index (Phi) is 13.8. The number of hydrogen-bond acceptors (Lipinski definition) is 1. The fraction of sp³-hybridized carbons (Fsp3) is 1.00. The smallest absolute Gasteiger partial charge is 0.102 e. The van der Waals surface area contributed by atoms with Gasteiger partial charge in [0.15, 0.2) is 0 Å². The monoisotopic (exact) mass is 286 g/mol. The average molecular weight is 287 g/mol. The van der Waals surface area contributed by atoms with Crippen LogP contribution < -0.4 is 0 Å². The van der Waals surface area contributed by atoms with Crippen LogP contribution in [0.4, 0.5) is 0 Å². The first-order valence-electron chi connectivity index (χ1n) is 9.20. The van der Waals surface area contributed by atoms with E-state index in [4.69, 9.17) is 0 Å². The van der Waals surface area contributed by atoms with Crippen molar-refractivity contribution in [3.63, 3.8) is 0 Å². The molecule has 0 fully saturated rings. The van der Waals surface area contributed by atoms with Gasteiger partial charge in [-0.2, -0.15) is 0 Å². The van der Waals surface area contributed by atoms with E-state index < -0.39 is 0 Å². The van der Waals surface area contributed by atoms with Gasteiger partial charge >= 0.3 is 0 Å². The Morgan fingerprint density at radius 1 is 0.550 bits per heavy atom. The molecule has 0 spiro atoms. The minimum Gasteiger partial charge on any atom is -0.391 e. The van der Waals surface area contributed by atoms with Crippen LogP contribution in [0.25, 0.3) is 0 Å². The normalized spacial score (nSPS) is 12.0. The largest absolute Gasteiger partial charge is 0.391 e. The van der Waals surface area contributed by atoms with E-state index >= 15 is 0 Å². The summed E-state index contributed by atoms with van der Waals surface area (Å²) in [4.78, 5) is 0. The number of nitrogens with zero attached hydrogens (tertiary/aromatic N) is 1. The Labute approximate surface area is 128 Å². The molecule has 0 saturated carbocycles. The van der Waals surface area contributed by atoms with Crippen molar-refractivity contribution in [1.29, 1.82) is 0 Å². The molecule has 0 aliphatic rings. The van der Waals surface area contributed by atoms with Crippen LogP contribution in [0.3, 0.4) is 0 Å². The Morgan fingerprint density at radius 3 is 1.40 bits per heavy atom. The predicted molar refractivity (Wildman–Crippen MR) is 90.0 cm³/mol. The maximum atomic E-state index is 9.49. The van der Waals surface area contributed by atoms with Gasteiger partial charge < -0.3 is 9.59 Å². The lowest BCUT2D eigenvalue weighted by Crippen LogP contribution is -2.51. The molecule has 20 heavy (non-hydrogen) atoms. The summed E-state index contributed by atoms with van der Waals surface area (Å²) >= 11 is 0. The third-order valence-electron chi connectivity index (χ3n) is 4.53. The van der Waals surface area contributed by atoms with Crippen molar-refractivity contribution >= 4 is 0 Å². The lowest BCUT2D eigenvalue weighted by Gasteiger charge is -2.39. The first-order valence-corrected chi connectivity index (χ1v) is 9.20. The van der Waals surface area contributed by atoms with Gasteiger partial charge in [-0.25, -0.2) is 0 Å². The van der Waals surface area contributed by atoms with E-state index in [1.165, 1.54) is 88.3 Å². The number of aliphatic hydroxyl groups excluding tert-OH is 1. The van der Waals surface area contributed by atoms with Crippen LogP contribution in [0.15, 0.2) is 0 Å². The van der Waals surface area contributed by atoms with Crippen molar-refractivity contribution in [1.82, 2.24) is 0 Å². The highest BCUT2D eigenvalue weighted by molar-refractivity contribution is 4.50. The van der Waals surface area contributed by atoms with Gasteiger partial charge in [-0.15, -0.1) is 0 Å². The fourth-order valence-electron chi connectivity index (χ4n) is 3.12. The van der Waals surface area contributed by atoms with Gasteiger partial charge in [-0.3, -0.25) is 0 Å². The molecule has 2 nitrogen and oxygen atoms in total. The van der Waals surface area contributed by atoms with Crippen LogP contribution in [0.5, 0.6) is 0 Å². The Bertz CT molecular complexity index is 182. The maximum Gasteiger partial charge on any atom is 0.102 e. The molecule has 0 unspecified atom stereocenters. The van der Waals surface area contributed by atoms with Gasteiger partial charge in [0, 0.05) is 0 Å². The summed E-state index contributed by atoms with van der Waals surface area (Å²) in [5.74, 6) is 0. The quantitative estimate of drug-likeness (QED) is 0.340. The summed E-state index contributed by atoms with van der Waals surface area (Å²) in [6.45, 7) is 12.0. The zero-order chi connectivity index (χ0) is 15.1. The molecule has 0 atom stereocenters. The number of aliphatic hydroxyl groups is 1. The molecule has 0 heterocycles. The van der Waals surface area contributed by atoms with Gasteiger partial charge in [0.1, 0.15) is 6.54 Å². The van der Waals surface area contributed by atoms with Crippen molar-refractivity contribution < 1.29 is 9.59 Å². The molecule has 0 bridgehead atoms. The summed E-state index contributed by atoms with van der Waals surface area (Å²) < 4.78 is 1.18. The fourth-order valence-corrected chi connectivity index (χ4v) is 3.12. The van der Waals surface area contributed by atoms with Crippen molar-refractivity contribution in [2.75, 3.05) is 32.8 Å². The van der Waals surface area contributed by atoms with E-state index in [0.29, 0.717) is 6.61 Å². The standard InChI is InChI=1S/C18H40NO/c1-4-7-10-12-15-19(17-18-20,14-9-6-3)16-13-11-8-5-2/h20H,4-18H2,1-3H3/q+1. The lowest BCUT2D eigenvalue weighted by atomic mass is 10.1. The predicted octanol–water partition coefficient (Wildman–Crippen LogP) is 4.76. The topological polar surface area (TPSA) is 20.2 Å². The number of quaternary nitrogens is 1. The highest BCUT2D eigenvalue weighted by Gasteiger charge is 2.25. The minimum absolute atomic E-state index is 0.352. The minimum atomic E-state index is 0.352. The van der Waals surface area contributed by atoms with Gasteiger partial charge in [0.2, 0.25) is 0 Å². The first kappa shape index (κ1) is 19.9. The van der Waals surface area contributed by atoms with E-state index in [1.807, 2.05) is 0 Å². The molecule has 0 amide bonds. The lowest BCUT2D eigenvalue weighted by molar-refractivity contribution is -0.929. The van der Waals surface area contributed by atoms with E-state index in [2.05, 4.69) is 20.8 Å². The van der Waals surface area contributed by atoms with Crippen LogP contribution >= 0.6 is 0 Å². The second-order valence-corrected chi connectivity index (χ2v) is 6.43. The molecule has 0 aromatic rings. The molecule has 0 saturated heterocycles. The molecule has 0 radical (unpaired) electrons. The number of hydrogen-bond donors (Lipinski definition) is 1. The van der Waals surface area contributed by atoms with E-state index in [0.717, 1.165) is 6.54 Å². The van der Waals surface area contributed by atoms with Crippen LogP contribution in [-0.4, -0.2) is 42.4 Å². The molecule has 0 rings (SSSR count). The third kappa shape index (κ3) is 9.77. The van der Waals surface area contributed by atoms with Crippen LogP contribution in [0.1, 0.15) is 85.0 Å². The van der Waals surface area contributed by atoms with Gasteiger partial charge in [-0.05, 0) is 32.1 Å². The summed E-state index contributed by atoms with van der Waals surface area (Å²) in [6, 6.07) is 0. The van der Waals surface area contributed by atoms with Crippen LogP contribution in [0.2, 0.25) is 0 Å². The molecular formula is C18H40NO+. The summed E-state index contributed by atoms with van der Waals surface area (Å²) in [5.41, 5.74) is 0. The Hall–Kier alpha value is -0.0800. The first-order chi connectivity index (χ1) is 9.74. The van der Waals surface area contributed by atoms with Gasteiger partial charge in [0.05, 0.1) is 26.2 Å². The summed E-state index contributed by atoms with van der Waals surface area (Å²) in [5, 5.41) is 9.49. The molecule has 0 aliphatic heterocycles. The molecule has 0 aromatic heterocycles. The second-order valence-electron chi connectivity index (χ2n) is 6.43. The third-order valence-corrected chi connectivity index (χ3v) is 4.53. The zero-order valence-electron chi connectivity index (χ0n) is 14.5. The Morgan fingerprint density at radius 2 is 1.00 bits per heavy atom. The van der Waals surface area contributed by atoms with Crippen molar-refractivity contribution in [3.8, 4) is 0 Å². The van der Waals surface area contributed by atoms with Crippen LogP contribution in [-0.2, 0) is 0 Å². The zero-order valence-corrected chi connectivity index (χ0v) is 14.5. The highest BCUT2D eigenvalue weighted by Crippen LogP contribution is 2.16. The summed E-state index contributed by atoms with van der Waals surface area (Å²) in [6.07, 6.45) is 13.3. The second kappa shape index (κ2) is 13.9. The van der Waals surface area contributed by atoms with Crippen LogP contribution in [0, 0.1) is 0 Å². The number of unbranched alkanes of at least 4 members (excludes halogenated alkanes) is 7. The molecule has 122 valence electrons. The van der Waals surface area contributed by atoms with Crippen molar-refractivity contribution in [2.45, 2.75) is 85.0 Å². The van der Waals surface area contributed by atoms with Crippen molar-refractivity contribution in [3.05, 3.63) is 0 Å². The molecular weight excluding hydrogens is 246 g/mol. The highest BCUT2D eigenvalue weighted by atomic mass is 16.3. The van der Waals surface area contributed by atoms with Crippen molar-refractivity contribution in [2.24, 2.45) is 0 Å². The summed E-state index contributed by atoms with van der Waals surface area (Å²) in [7, 11) is 0.